The lowest BCUT2D eigenvalue weighted by atomic mass is 9.71. The monoisotopic (exact) mass is 325 g/mol. The Hall–Kier alpha value is -2.38. The van der Waals surface area contributed by atoms with Crippen LogP contribution in [0.4, 0.5) is 0 Å². The summed E-state index contributed by atoms with van der Waals surface area (Å²) in [6.45, 7) is 2.10. The van der Waals surface area contributed by atoms with Gasteiger partial charge in [-0.1, -0.05) is 78.9 Å². The molecule has 1 heteroatoms. The summed E-state index contributed by atoms with van der Waals surface area (Å²) in [5, 5.41) is 0. The van der Waals surface area contributed by atoms with Crippen molar-refractivity contribution in [2.24, 2.45) is 0 Å². The van der Waals surface area contributed by atoms with E-state index in [1.165, 1.54) is 24.0 Å². The summed E-state index contributed by atoms with van der Waals surface area (Å²) in [5.41, 5.74) is 7.55. The Morgan fingerprint density at radius 2 is 1.36 bits per heavy atom. The van der Waals surface area contributed by atoms with E-state index in [0.29, 0.717) is 12.0 Å². The number of hydrogen-bond acceptors (Lipinski definition) is 1. The Balaban J connectivity index is 1.59. The molecule has 0 fully saturated rings. The quantitative estimate of drug-likeness (QED) is 0.630. The van der Waals surface area contributed by atoms with Gasteiger partial charge in [0.1, 0.15) is 0 Å². The maximum absolute atomic E-state index is 2.71. The lowest BCUT2D eigenvalue weighted by molar-refractivity contribution is 0.133. The highest BCUT2D eigenvalue weighted by atomic mass is 15.2. The molecule has 5 rings (SSSR count). The Morgan fingerprint density at radius 1 is 0.720 bits per heavy atom. The van der Waals surface area contributed by atoms with Crippen molar-refractivity contribution in [3.8, 4) is 0 Å². The van der Waals surface area contributed by atoms with Gasteiger partial charge in [-0.15, -0.1) is 0 Å². The molecule has 1 heterocycles. The van der Waals surface area contributed by atoms with Gasteiger partial charge in [0.2, 0.25) is 0 Å². The van der Waals surface area contributed by atoms with Crippen LogP contribution in [0, 0.1) is 0 Å². The fourth-order valence-electron chi connectivity index (χ4n) is 4.82. The van der Waals surface area contributed by atoms with E-state index in [0.717, 1.165) is 13.1 Å². The topological polar surface area (TPSA) is 3.24 Å². The van der Waals surface area contributed by atoms with Crippen molar-refractivity contribution < 1.29 is 0 Å². The van der Waals surface area contributed by atoms with Crippen molar-refractivity contribution in [2.45, 2.75) is 37.9 Å². The number of nitrogens with zero attached hydrogens (tertiary/aromatic N) is 1. The zero-order valence-corrected chi connectivity index (χ0v) is 14.4. The number of rotatable bonds is 2. The van der Waals surface area contributed by atoms with Crippen molar-refractivity contribution in [3.63, 3.8) is 0 Å². The first-order valence-electron chi connectivity index (χ1n) is 9.34. The van der Waals surface area contributed by atoms with Crippen molar-refractivity contribution in [1.29, 1.82) is 0 Å². The van der Waals surface area contributed by atoms with Gasteiger partial charge in [-0.25, -0.2) is 0 Å². The van der Waals surface area contributed by atoms with Crippen molar-refractivity contribution in [2.75, 3.05) is 0 Å². The summed E-state index contributed by atoms with van der Waals surface area (Å²) in [7, 11) is 0. The van der Waals surface area contributed by atoms with Crippen LogP contribution >= 0.6 is 0 Å². The maximum Gasteiger partial charge on any atom is 0.0252 e. The highest BCUT2D eigenvalue weighted by molar-refractivity contribution is 5.46. The average Bonchev–Trinajstić information content (AvgIpc) is 2.68. The molecule has 0 saturated heterocycles. The van der Waals surface area contributed by atoms with Crippen LogP contribution in [0.25, 0.3) is 0 Å². The molecule has 1 aliphatic heterocycles. The molecular weight excluding hydrogens is 302 g/mol. The standard InChI is InChI=1S/C24H23N/c1-2-8-18(9-3-1)16-25-17-20-11-5-7-13-22(20)24-21-12-6-4-10-19(21)14-15-23(24)25/h1-13,23-24H,14-17H2/t23-,24-/m0/s1. The Bertz CT molecular complexity index is 883. The highest BCUT2D eigenvalue weighted by Crippen LogP contribution is 2.44. The first kappa shape index (κ1) is 14.9. The van der Waals surface area contributed by atoms with Gasteiger partial charge in [0, 0.05) is 25.0 Å². The minimum Gasteiger partial charge on any atom is -0.291 e. The zero-order chi connectivity index (χ0) is 16.6. The molecule has 0 spiro atoms. The Labute approximate surface area is 149 Å². The summed E-state index contributed by atoms with van der Waals surface area (Å²) >= 11 is 0. The van der Waals surface area contributed by atoms with E-state index in [1.54, 1.807) is 16.7 Å². The highest BCUT2D eigenvalue weighted by Gasteiger charge is 2.38. The third kappa shape index (κ3) is 2.60. The molecule has 0 bridgehead atoms. The van der Waals surface area contributed by atoms with E-state index < -0.39 is 0 Å². The predicted molar refractivity (Wildman–Crippen MR) is 103 cm³/mol. The zero-order valence-electron chi connectivity index (χ0n) is 14.4. The lowest BCUT2D eigenvalue weighted by Crippen LogP contribution is -2.45. The number of benzene rings is 3. The molecule has 3 aromatic rings. The summed E-state index contributed by atoms with van der Waals surface area (Å²) in [6.07, 6.45) is 2.45. The van der Waals surface area contributed by atoms with E-state index in [9.17, 15) is 0 Å². The van der Waals surface area contributed by atoms with Gasteiger partial charge in [0.15, 0.2) is 0 Å². The van der Waals surface area contributed by atoms with Gasteiger partial charge in [-0.2, -0.15) is 0 Å². The summed E-state index contributed by atoms with van der Waals surface area (Å²) in [6, 6.07) is 29.7. The van der Waals surface area contributed by atoms with E-state index in [2.05, 4.69) is 83.8 Å². The fraction of sp³-hybridized carbons (Fsp3) is 0.250. The average molecular weight is 325 g/mol. The molecule has 1 aliphatic carbocycles. The smallest absolute Gasteiger partial charge is 0.0252 e. The Kier molecular flexibility index (Phi) is 3.68. The second kappa shape index (κ2) is 6.16. The molecule has 0 radical (unpaired) electrons. The molecule has 2 atom stereocenters. The van der Waals surface area contributed by atoms with Gasteiger partial charge in [0.05, 0.1) is 0 Å². The van der Waals surface area contributed by atoms with Crippen LogP contribution < -0.4 is 0 Å². The fourth-order valence-corrected chi connectivity index (χ4v) is 4.82. The summed E-state index contributed by atoms with van der Waals surface area (Å²) < 4.78 is 0. The third-order valence-electron chi connectivity index (χ3n) is 5.95. The SMILES string of the molecule is c1ccc(CN2Cc3ccccc3[C@@H]3c4ccccc4CC[C@@H]32)cc1. The second-order valence-electron chi connectivity index (χ2n) is 7.37. The molecule has 0 amide bonds. The first-order chi connectivity index (χ1) is 12.4. The molecular formula is C24H23N. The molecule has 0 saturated carbocycles. The minimum absolute atomic E-state index is 0.513. The van der Waals surface area contributed by atoms with Crippen LogP contribution in [-0.2, 0) is 19.5 Å². The first-order valence-corrected chi connectivity index (χ1v) is 9.34. The lowest BCUT2D eigenvalue weighted by Gasteiger charge is -2.46. The normalized spacial score (nSPS) is 21.9. The molecule has 1 nitrogen and oxygen atoms in total. The Morgan fingerprint density at radius 3 is 2.16 bits per heavy atom. The molecule has 2 aliphatic rings. The molecule has 124 valence electrons. The van der Waals surface area contributed by atoms with E-state index in [-0.39, 0.29) is 0 Å². The van der Waals surface area contributed by atoms with Crippen LogP contribution in [-0.4, -0.2) is 10.9 Å². The summed E-state index contributed by atoms with van der Waals surface area (Å²) in [5.74, 6) is 0.513. The van der Waals surface area contributed by atoms with Crippen LogP contribution in [0.15, 0.2) is 78.9 Å². The van der Waals surface area contributed by atoms with Crippen LogP contribution in [0.3, 0.4) is 0 Å². The van der Waals surface area contributed by atoms with Crippen LogP contribution in [0.1, 0.15) is 40.2 Å². The van der Waals surface area contributed by atoms with Gasteiger partial charge in [0.25, 0.3) is 0 Å². The van der Waals surface area contributed by atoms with Gasteiger partial charge >= 0.3 is 0 Å². The number of fused-ring (bicyclic) bond motifs is 5. The largest absolute Gasteiger partial charge is 0.291 e. The predicted octanol–water partition coefficient (Wildman–Crippen LogP) is 5.15. The molecule has 25 heavy (non-hydrogen) atoms. The molecule has 0 unspecified atom stereocenters. The van der Waals surface area contributed by atoms with E-state index in [1.807, 2.05) is 0 Å². The second-order valence-corrected chi connectivity index (χ2v) is 7.37. The van der Waals surface area contributed by atoms with Crippen molar-refractivity contribution in [1.82, 2.24) is 4.90 Å². The van der Waals surface area contributed by atoms with Gasteiger partial charge in [-0.3, -0.25) is 4.90 Å². The molecule has 0 aromatic heterocycles. The summed E-state index contributed by atoms with van der Waals surface area (Å²) in [4.78, 5) is 2.71. The van der Waals surface area contributed by atoms with Gasteiger partial charge < -0.3 is 0 Å². The maximum atomic E-state index is 2.71. The minimum atomic E-state index is 0.513. The van der Waals surface area contributed by atoms with Gasteiger partial charge in [-0.05, 0) is 40.7 Å². The number of aryl methyl sites for hydroxylation is 1. The van der Waals surface area contributed by atoms with Crippen LogP contribution in [0.2, 0.25) is 0 Å². The van der Waals surface area contributed by atoms with E-state index >= 15 is 0 Å². The van der Waals surface area contributed by atoms with E-state index in [4.69, 9.17) is 0 Å². The molecule has 0 N–H and O–H groups in total. The van der Waals surface area contributed by atoms with Crippen LogP contribution in [0.5, 0.6) is 0 Å². The number of hydrogen-bond donors (Lipinski definition) is 0. The van der Waals surface area contributed by atoms with Crippen molar-refractivity contribution in [3.05, 3.63) is 107 Å². The molecule has 3 aromatic carbocycles. The third-order valence-corrected chi connectivity index (χ3v) is 5.95. The van der Waals surface area contributed by atoms with Crippen molar-refractivity contribution >= 4 is 0 Å².